The van der Waals surface area contributed by atoms with Crippen molar-refractivity contribution in [3.63, 3.8) is 0 Å². The number of ether oxygens (including phenoxy) is 1. The van der Waals surface area contributed by atoms with Crippen LogP contribution in [0.5, 0.6) is 0 Å². The second-order valence-electron chi connectivity index (χ2n) is 4.56. The monoisotopic (exact) mass is 235 g/mol. The lowest BCUT2D eigenvalue weighted by molar-refractivity contribution is -0.153. The molecule has 0 aliphatic heterocycles. The first kappa shape index (κ1) is 12.1. The molecule has 1 fully saturated rings. The molecule has 0 amide bonds. The molecule has 0 radical (unpaired) electrons. The minimum atomic E-state index is -0.936. The van der Waals surface area contributed by atoms with Crippen LogP contribution in [0, 0.1) is 0 Å². The third-order valence-corrected chi connectivity index (χ3v) is 3.01. The van der Waals surface area contributed by atoms with Gasteiger partial charge in [-0.1, -0.05) is 30.3 Å². The number of hydrogen-bond donors (Lipinski definition) is 2. The summed E-state index contributed by atoms with van der Waals surface area (Å²) in [6.07, 6.45) is 1.90. The fraction of sp³-hybridized carbons (Fsp3) is 0.462. The van der Waals surface area contributed by atoms with Gasteiger partial charge in [0.2, 0.25) is 0 Å². The Hall–Kier alpha value is -1.39. The lowest BCUT2D eigenvalue weighted by atomic mass is 10.1. The van der Waals surface area contributed by atoms with E-state index in [0.29, 0.717) is 25.9 Å². The van der Waals surface area contributed by atoms with Crippen molar-refractivity contribution in [3.05, 3.63) is 35.9 Å². The van der Waals surface area contributed by atoms with Crippen molar-refractivity contribution >= 4 is 5.97 Å². The molecule has 1 aliphatic rings. The number of carboxylic acids is 1. The largest absolute Gasteiger partial charge is 0.479 e. The summed E-state index contributed by atoms with van der Waals surface area (Å²) in [5.74, 6) is -0.871. The smallest absolute Gasteiger partial charge is 0.335 e. The second kappa shape index (κ2) is 4.85. The zero-order valence-corrected chi connectivity index (χ0v) is 9.63. The van der Waals surface area contributed by atoms with Crippen LogP contribution in [0.2, 0.25) is 0 Å². The van der Waals surface area contributed by atoms with Crippen molar-refractivity contribution in [2.24, 2.45) is 5.73 Å². The van der Waals surface area contributed by atoms with Crippen LogP contribution in [0.15, 0.2) is 30.3 Å². The Morgan fingerprint density at radius 2 is 2.06 bits per heavy atom. The summed E-state index contributed by atoms with van der Waals surface area (Å²) in [4.78, 5) is 10.9. The SMILES string of the molecule is NC(COC1(C(=O)O)CC1)Cc1ccccc1. The molecule has 0 spiro atoms. The zero-order chi connectivity index (χ0) is 12.3. The van der Waals surface area contributed by atoms with Crippen molar-refractivity contribution in [1.29, 1.82) is 0 Å². The van der Waals surface area contributed by atoms with Crippen molar-refractivity contribution in [2.75, 3.05) is 6.61 Å². The van der Waals surface area contributed by atoms with Crippen molar-refractivity contribution in [1.82, 2.24) is 0 Å². The number of benzene rings is 1. The molecule has 1 aliphatic carbocycles. The van der Waals surface area contributed by atoms with Gasteiger partial charge in [0.05, 0.1) is 6.61 Å². The minimum Gasteiger partial charge on any atom is -0.479 e. The van der Waals surface area contributed by atoms with Gasteiger partial charge in [0, 0.05) is 6.04 Å². The number of hydrogen-bond acceptors (Lipinski definition) is 3. The van der Waals surface area contributed by atoms with E-state index in [1.165, 1.54) is 0 Å². The molecule has 4 nitrogen and oxygen atoms in total. The van der Waals surface area contributed by atoms with E-state index in [1.807, 2.05) is 30.3 Å². The van der Waals surface area contributed by atoms with Crippen LogP contribution in [-0.4, -0.2) is 29.3 Å². The molecular weight excluding hydrogens is 218 g/mol. The predicted octanol–water partition coefficient (Wildman–Crippen LogP) is 1.19. The van der Waals surface area contributed by atoms with Gasteiger partial charge in [-0.05, 0) is 24.8 Å². The Bertz CT molecular complexity index is 387. The Kier molecular flexibility index (Phi) is 3.45. The Labute approximate surface area is 100 Å². The summed E-state index contributed by atoms with van der Waals surface area (Å²) < 4.78 is 5.41. The lowest BCUT2D eigenvalue weighted by Gasteiger charge is -2.16. The zero-order valence-electron chi connectivity index (χ0n) is 9.63. The van der Waals surface area contributed by atoms with Crippen LogP contribution in [0.4, 0.5) is 0 Å². The summed E-state index contributed by atoms with van der Waals surface area (Å²) >= 11 is 0. The molecule has 0 bridgehead atoms. The highest BCUT2D eigenvalue weighted by molar-refractivity contribution is 5.80. The van der Waals surface area contributed by atoms with Crippen LogP contribution in [0.25, 0.3) is 0 Å². The standard InChI is InChI=1S/C13H17NO3/c14-11(8-10-4-2-1-3-5-10)9-17-13(6-7-13)12(15)16/h1-5,11H,6-9,14H2,(H,15,16). The van der Waals surface area contributed by atoms with Crippen LogP contribution >= 0.6 is 0 Å². The Balaban J connectivity index is 1.79. The number of carboxylic acid groups (broad SMARTS) is 1. The van der Waals surface area contributed by atoms with E-state index in [2.05, 4.69) is 0 Å². The number of carbonyl (C=O) groups is 1. The van der Waals surface area contributed by atoms with Gasteiger partial charge in [-0.25, -0.2) is 4.79 Å². The fourth-order valence-electron chi connectivity index (χ4n) is 1.78. The molecule has 0 heterocycles. The van der Waals surface area contributed by atoms with Gasteiger partial charge in [0.15, 0.2) is 5.60 Å². The van der Waals surface area contributed by atoms with E-state index >= 15 is 0 Å². The van der Waals surface area contributed by atoms with Crippen molar-refractivity contribution < 1.29 is 14.6 Å². The second-order valence-corrected chi connectivity index (χ2v) is 4.56. The van der Waals surface area contributed by atoms with Gasteiger partial charge in [-0.15, -0.1) is 0 Å². The van der Waals surface area contributed by atoms with Gasteiger partial charge in [0.1, 0.15) is 0 Å². The third-order valence-electron chi connectivity index (χ3n) is 3.01. The van der Waals surface area contributed by atoms with E-state index < -0.39 is 11.6 Å². The van der Waals surface area contributed by atoms with Crippen LogP contribution in [-0.2, 0) is 16.0 Å². The van der Waals surface area contributed by atoms with Crippen LogP contribution in [0.3, 0.4) is 0 Å². The maximum absolute atomic E-state index is 10.9. The van der Waals surface area contributed by atoms with E-state index in [0.717, 1.165) is 5.56 Å². The average Bonchev–Trinajstić information content (AvgIpc) is 3.09. The molecule has 17 heavy (non-hydrogen) atoms. The first-order chi connectivity index (χ1) is 8.12. The van der Waals surface area contributed by atoms with Crippen LogP contribution in [0.1, 0.15) is 18.4 Å². The summed E-state index contributed by atoms with van der Waals surface area (Å²) in [5, 5.41) is 8.94. The lowest BCUT2D eigenvalue weighted by Crippen LogP contribution is -2.35. The highest BCUT2D eigenvalue weighted by Gasteiger charge is 2.52. The molecule has 1 unspecified atom stereocenters. The van der Waals surface area contributed by atoms with Gasteiger partial charge in [0.25, 0.3) is 0 Å². The van der Waals surface area contributed by atoms with Crippen molar-refractivity contribution in [3.8, 4) is 0 Å². The number of aliphatic carboxylic acids is 1. The molecule has 1 aromatic carbocycles. The highest BCUT2D eigenvalue weighted by Crippen LogP contribution is 2.39. The number of rotatable bonds is 6. The first-order valence-corrected chi connectivity index (χ1v) is 5.79. The quantitative estimate of drug-likeness (QED) is 0.776. The molecule has 0 saturated heterocycles. The molecule has 1 aromatic rings. The third kappa shape index (κ3) is 3.05. The van der Waals surface area contributed by atoms with E-state index in [1.54, 1.807) is 0 Å². The first-order valence-electron chi connectivity index (χ1n) is 5.79. The van der Waals surface area contributed by atoms with E-state index in [-0.39, 0.29) is 6.04 Å². The van der Waals surface area contributed by atoms with E-state index in [4.69, 9.17) is 15.6 Å². The normalized spacial score (nSPS) is 18.6. The van der Waals surface area contributed by atoms with Gasteiger partial charge in [-0.3, -0.25) is 0 Å². The van der Waals surface area contributed by atoms with E-state index in [9.17, 15) is 4.79 Å². The minimum absolute atomic E-state index is 0.158. The van der Waals surface area contributed by atoms with Gasteiger partial charge < -0.3 is 15.6 Å². The summed E-state index contributed by atoms with van der Waals surface area (Å²) in [7, 11) is 0. The highest BCUT2D eigenvalue weighted by atomic mass is 16.5. The molecule has 1 atom stereocenters. The van der Waals surface area contributed by atoms with Crippen LogP contribution < -0.4 is 5.73 Å². The van der Waals surface area contributed by atoms with Crippen molar-refractivity contribution in [2.45, 2.75) is 30.9 Å². The molecule has 2 rings (SSSR count). The number of nitrogens with two attached hydrogens (primary N) is 1. The summed E-state index contributed by atoms with van der Waals surface area (Å²) in [6.45, 7) is 0.293. The maximum Gasteiger partial charge on any atom is 0.335 e. The molecular formula is C13H17NO3. The summed E-state index contributed by atoms with van der Waals surface area (Å²) in [5.41, 5.74) is 6.13. The molecule has 1 saturated carbocycles. The fourth-order valence-corrected chi connectivity index (χ4v) is 1.78. The van der Waals surface area contributed by atoms with Gasteiger partial charge in [-0.2, -0.15) is 0 Å². The Morgan fingerprint density at radius 1 is 1.41 bits per heavy atom. The predicted molar refractivity (Wildman–Crippen MR) is 63.7 cm³/mol. The average molecular weight is 235 g/mol. The maximum atomic E-state index is 10.9. The Morgan fingerprint density at radius 3 is 2.59 bits per heavy atom. The molecule has 3 N–H and O–H groups in total. The molecule has 0 aromatic heterocycles. The molecule has 92 valence electrons. The summed E-state index contributed by atoms with van der Waals surface area (Å²) in [6, 6.07) is 9.72. The topological polar surface area (TPSA) is 72.5 Å². The van der Waals surface area contributed by atoms with Gasteiger partial charge >= 0.3 is 5.97 Å². The molecule has 4 heteroatoms.